The highest BCUT2D eigenvalue weighted by atomic mass is 31.2. The van der Waals surface area contributed by atoms with Crippen LogP contribution in [0.1, 0.15) is 96.8 Å². The highest BCUT2D eigenvalue weighted by Crippen LogP contribution is 2.41. The molecule has 0 fully saturated rings. The van der Waals surface area contributed by atoms with E-state index in [0.29, 0.717) is 30.1 Å². The molecule has 2 aromatic rings. The molecule has 3 N–H and O–H groups in total. The molecule has 0 aliphatic carbocycles. The monoisotopic (exact) mass is 565 g/mol. The van der Waals surface area contributed by atoms with Crippen LogP contribution in [0, 0.1) is 12.3 Å². The second-order valence-corrected chi connectivity index (χ2v) is 11.9. The second-order valence-electron chi connectivity index (χ2n) is 10.1. The normalized spacial score (nSPS) is 13.9. The van der Waals surface area contributed by atoms with Crippen LogP contribution in [0.3, 0.4) is 0 Å². The Bertz CT molecular complexity index is 1010. The largest absolute Gasteiger partial charge is 0.382 e. The van der Waals surface area contributed by atoms with Gasteiger partial charge < -0.3 is 29.2 Å². The van der Waals surface area contributed by atoms with Gasteiger partial charge in [0, 0.05) is 13.0 Å². The van der Waals surface area contributed by atoms with Crippen molar-refractivity contribution in [1.29, 1.82) is 0 Å². The zero-order valence-electron chi connectivity index (χ0n) is 23.6. The van der Waals surface area contributed by atoms with Crippen LogP contribution in [0.2, 0.25) is 0 Å². The Labute approximate surface area is 234 Å². The summed E-state index contributed by atoms with van der Waals surface area (Å²) < 4.78 is 30.2. The molecule has 0 aromatic carbocycles. The van der Waals surface area contributed by atoms with Gasteiger partial charge in [0.05, 0.1) is 32.2 Å². The minimum absolute atomic E-state index is 0.0543. The van der Waals surface area contributed by atoms with Gasteiger partial charge in [0.1, 0.15) is 18.2 Å². The van der Waals surface area contributed by atoms with E-state index in [-0.39, 0.29) is 19.3 Å². The van der Waals surface area contributed by atoms with Crippen LogP contribution in [0.15, 0.2) is 12.7 Å². The van der Waals surface area contributed by atoms with Crippen molar-refractivity contribution in [3.05, 3.63) is 12.7 Å². The van der Waals surface area contributed by atoms with E-state index in [0.717, 1.165) is 19.3 Å². The highest BCUT2D eigenvalue weighted by Gasteiger charge is 2.21. The third-order valence-corrected chi connectivity index (χ3v) is 7.60. The number of ether oxygens (including phenoxy) is 2. The quantitative estimate of drug-likeness (QED) is 0.0881. The number of imidazole rings is 1. The molecule has 2 heterocycles. The topological polar surface area (TPSA) is 135 Å². The van der Waals surface area contributed by atoms with E-state index in [4.69, 9.17) is 26.2 Å². The fraction of sp³-hybridized carbons (Fsp3) is 0.750. The lowest BCUT2D eigenvalue weighted by molar-refractivity contribution is 0.0610. The molecule has 0 aliphatic heterocycles. The van der Waals surface area contributed by atoms with Gasteiger partial charge in [0.15, 0.2) is 11.5 Å². The first-order chi connectivity index (χ1) is 18.9. The Kier molecular flexibility index (Phi) is 17.0. The van der Waals surface area contributed by atoms with Crippen molar-refractivity contribution in [2.24, 2.45) is 0 Å². The molecule has 2 aromatic heterocycles. The van der Waals surface area contributed by atoms with Crippen molar-refractivity contribution >= 4 is 24.6 Å². The third kappa shape index (κ3) is 14.8. The van der Waals surface area contributed by atoms with Crippen molar-refractivity contribution in [1.82, 2.24) is 19.5 Å². The summed E-state index contributed by atoms with van der Waals surface area (Å²) in [7, 11) is -3.86. The van der Waals surface area contributed by atoms with Gasteiger partial charge in [-0.3, -0.25) is 4.57 Å². The van der Waals surface area contributed by atoms with Crippen LogP contribution in [0.4, 0.5) is 5.82 Å². The van der Waals surface area contributed by atoms with Crippen molar-refractivity contribution in [3.63, 3.8) is 0 Å². The van der Waals surface area contributed by atoms with Gasteiger partial charge in [-0.2, -0.15) is 0 Å². The second kappa shape index (κ2) is 19.9. The van der Waals surface area contributed by atoms with Crippen molar-refractivity contribution in [2.75, 3.05) is 31.9 Å². The summed E-state index contributed by atoms with van der Waals surface area (Å²) in [5, 5.41) is 0. The van der Waals surface area contributed by atoms with Crippen LogP contribution >= 0.6 is 7.60 Å². The van der Waals surface area contributed by atoms with Crippen molar-refractivity contribution < 1.29 is 23.5 Å². The Morgan fingerprint density at radius 1 is 0.949 bits per heavy atom. The molecule has 39 heavy (non-hydrogen) atoms. The first-order valence-electron chi connectivity index (χ1n) is 14.4. The lowest BCUT2D eigenvalue weighted by Crippen LogP contribution is -2.18. The first-order valence-corrected chi connectivity index (χ1v) is 16.2. The molecule has 11 heteroatoms. The van der Waals surface area contributed by atoms with Crippen LogP contribution in [-0.4, -0.2) is 56.7 Å². The van der Waals surface area contributed by atoms with E-state index >= 15 is 0 Å². The predicted octanol–water partition coefficient (Wildman–Crippen LogP) is 6.08. The molecule has 0 amide bonds. The lowest BCUT2D eigenvalue weighted by atomic mass is 10.0. The first kappa shape index (κ1) is 33.2. The van der Waals surface area contributed by atoms with Crippen LogP contribution in [-0.2, 0) is 25.1 Å². The molecule has 0 radical (unpaired) electrons. The maximum Gasteiger partial charge on any atom is 0.353 e. The number of fused-ring (bicyclic) bond motifs is 1. The molecule has 0 saturated carbocycles. The number of hydrogen-bond acceptors (Lipinski definition) is 8. The Morgan fingerprint density at radius 2 is 1.56 bits per heavy atom. The van der Waals surface area contributed by atoms with E-state index < -0.39 is 13.9 Å². The zero-order chi connectivity index (χ0) is 28.2. The average Bonchev–Trinajstić information content (AvgIpc) is 3.32. The van der Waals surface area contributed by atoms with E-state index in [1.165, 1.54) is 77.0 Å². The number of unbranched alkanes of at least 4 members (excludes halogenated alkanes) is 13. The third-order valence-electron chi connectivity index (χ3n) is 6.54. The van der Waals surface area contributed by atoms with E-state index in [9.17, 15) is 9.46 Å². The molecule has 2 atom stereocenters. The summed E-state index contributed by atoms with van der Waals surface area (Å²) in [4.78, 5) is 22.3. The standard InChI is InChI=1S/C28H48N5O5P/c1-3-4-5-6-7-8-9-10-11-12-13-14-15-16-17-18-36-19-20-38-39(34,35)24-37-25(2)21-33-23-32-26-27(29)30-22-31-28(26)33/h1,22-23,25H,4-21,24H2,2H3,(H,34,35)(H2,29,30,31)/t25-/m1/s1. The van der Waals surface area contributed by atoms with E-state index in [1.807, 2.05) is 0 Å². The fourth-order valence-corrected chi connectivity index (χ4v) is 5.21. The number of nitrogens with zero attached hydrogens (tertiary/aromatic N) is 4. The zero-order valence-corrected chi connectivity index (χ0v) is 24.5. The minimum atomic E-state index is -3.86. The summed E-state index contributed by atoms with van der Waals surface area (Å²) in [6, 6.07) is 0. The molecule has 10 nitrogen and oxygen atoms in total. The van der Waals surface area contributed by atoms with Crippen molar-refractivity contribution in [2.45, 2.75) is 109 Å². The number of nitrogens with two attached hydrogens (primary N) is 1. The molecule has 0 aliphatic rings. The molecule has 2 rings (SSSR count). The van der Waals surface area contributed by atoms with Crippen LogP contribution in [0.25, 0.3) is 11.2 Å². The number of nitrogen functional groups attached to an aromatic ring is 1. The number of aromatic nitrogens is 4. The minimum Gasteiger partial charge on any atom is -0.382 e. The summed E-state index contributed by atoms with van der Waals surface area (Å²) in [5.74, 6) is 3.01. The molecular formula is C28H48N5O5P. The predicted molar refractivity (Wildman–Crippen MR) is 155 cm³/mol. The van der Waals surface area contributed by atoms with Crippen LogP contribution < -0.4 is 5.73 Å². The van der Waals surface area contributed by atoms with Crippen LogP contribution in [0.5, 0.6) is 0 Å². The lowest BCUT2D eigenvalue weighted by Gasteiger charge is -2.17. The molecule has 0 bridgehead atoms. The molecule has 0 spiro atoms. The van der Waals surface area contributed by atoms with Gasteiger partial charge in [-0.15, -0.1) is 12.3 Å². The van der Waals surface area contributed by atoms with E-state index in [1.54, 1.807) is 17.8 Å². The van der Waals surface area contributed by atoms with E-state index in [2.05, 4.69) is 20.9 Å². The molecule has 220 valence electrons. The summed E-state index contributed by atoms with van der Waals surface area (Å²) in [6.07, 6.45) is 24.9. The van der Waals surface area contributed by atoms with Crippen molar-refractivity contribution in [3.8, 4) is 12.3 Å². The maximum absolute atomic E-state index is 12.3. The Hall–Kier alpha value is -2.02. The summed E-state index contributed by atoms with van der Waals surface area (Å²) >= 11 is 0. The van der Waals surface area contributed by atoms with Gasteiger partial charge in [-0.25, -0.2) is 15.0 Å². The number of rotatable bonds is 24. The molecular weight excluding hydrogens is 517 g/mol. The number of terminal acetylenes is 1. The van der Waals surface area contributed by atoms with Gasteiger partial charge in [-0.05, 0) is 19.8 Å². The van der Waals surface area contributed by atoms with Gasteiger partial charge in [0.2, 0.25) is 0 Å². The molecule has 1 unspecified atom stereocenters. The summed E-state index contributed by atoms with van der Waals surface area (Å²) in [5.41, 5.74) is 6.90. The Morgan fingerprint density at radius 3 is 2.21 bits per heavy atom. The smallest absolute Gasteiger partial charge is 0.353 e. The average molecular weight is 566 g/mol. The highest BCUT2D eigenvalue weighted by molar-refractivity contribution is 7.52. The fourth-order valence-electron chi connectivity index (χ4n) is 4.34. The maximum atomic E-state index is 12.3. The number of anilines is 1. The Balaban J connectivity index is 1.38. The van der Waals surface area contributed by atoms with Gasteiger partial charge >= 0.3 is 7.60 Å². The summed E-state index contributed by atoms with van der Waals surface area (Å²) in [6.45, 7) is 3.17. The van der Waals surface area contributed by atoms with Gasteiger partial charge in [0.25, 0.3) is 0 Å². The number of hydrogen-bond donors (Lipinski definition) is 2. The SMILES string of the molecule is C#CCCCCCCCCCCCCCCCOCCOP(=O)(O)CO[C@H](C)Cn1cnc2c(N)ncnc21. The van der Waals surface area contributed by atoms with Gasteiger partial charge in [-0.1, -0.05) is 70.6 Å². The molecule has 0 saturated heterocycles.